The van der Waals surface area contributed by atoms with Crippen LogP contribution >= 0.6 is 11.6 Å². The molecule has 0 bridgehead atoms. The second kappa shape index (κ2) is 10.7. The highest BCUT2D eigenvalue weighted by Gasteiger charge is 2.15. The van der Waals surface area contributed by atoms with E-state index in [-0.39, 0.29) is 17.2 Å². The van der Waals surface area contributed by atoms with Gasteiger partial charge in [0.1, 0.15) is 5.75 Å². The van der Waals surface area contributed by atoms with Gasteiger partial charge in [-0.3, -0.25) is 14.9 Å². The Morgan fingerprint density at radius 3 is 2.38 bits per heavy atom. The summed E-state index contributed by atoms with van der Waals surface area (Å²) in [5.41, 5.74) is 2.76. The van der Waals surface area contributed by atoms with Gasteiger partial charge in [-0.25, -0.2) is 10.2 Å². The van der Waals surface area contributed by atoms with Gasteiger partial charge in [-0.1, -0.05) is 35.9 Å². The number of hydrazone groups is 1. The predicted octanol–water partition coefficient (Wildman–Crippen LogP) is 4.00. The highest BCUT2D eigenvalue weighted by Crippen LogP contribution is 2.25. The summed E-state index contributed by atoms with van der Waals surface area (Å²) in [6.07, 6.45) is 1.30. The number of halogens is 1. The lowest BCUT2D eigenvalue weighted by Gasteiger charge is -2.07. The number of nitrogens with zero attached hydrogens (tertiary/aromatic N) is 2. The average Bonchev–Trinajstić information content (AvgIpc) is 2.79. The Morgan fingerprint density at radius 2 is 1.66 bits per heavy atom. The lowest BCUT2D eigenvalue weighted by atomic mass is 10.2. The van der Waals surface area contributed by atoms with Crippen molar-refractivity contribution >= 4 is 35.4 Å². The van der Waals surface area contributed by atoms with E-state index < -0.39 is 23.4 Å². The summed E-state index contributed by atoms with van der Waals surface area (Å²) < 4.78 is 10.6. The molecular weight excluding hydrogens is 438 g/mol. The summed E-state index contributed by atoms with van der Waals surface area (Å²) in [6.45, 7) is -0.477. The molecule has 0 unspecified atom stereocenters. The molecule has 0 fully saturated rings. The van der Waals surface area contributed by atoms with E-state index in [0.717, 1.165) is 0 Å². The van der Waals surface area contributed by atoms with Gasteiger partial charge in [0.05, 0.1) is 16.7 Å². The zero-order valence-electron chi connectivity index (χ0n) is 16.4. The third-order valence-corrected chi connectivity index (χ3v) is 4.27. The third-order valence-electron chi connectivity index (χ3n) is 4.02. The molecule has 162 valence electrons. The van der Waals surface area contributed by atoms with Crippen molar-refractivity contribution in [3.05, 3.63) is 99.1 Å². The van der Waals surface area contributed by atoms with E-state index in [4.69, 9.17) is 21.1 Å². The molecule has 9 nitrogen and oxygen atoms in total. The summed E-state index contributed by atoms with van der Waals surface area (Å²) >= 11 is 5.82. The van der Waals surface area contributed by atoms with Crippen LogP contribution in [0.3, 0.4) is 0 Å². The Kier molecular flexibility index (Phi) is 7.50. The number of esters is 1. The van der Waals surface area contributed by atoms with E-state index in [0.29, 0.717) is 16.1 Å². The molecule has 0 aliphatic rings. The monoisotopic (exact) mass is 453 g/mol. The summed E-state index contributed by atoms with van der Waals surface area (Å²) in [5.74, 6) is -1.00. The largest absolute Gasteiger partial charge is 0.477 e. The molecule has 1 N–H and O–H groups in total. The van der Waals surface area contributed by atoms with Gasteiger partial charge in [0.25, 0.3) is 5.91 Å². The van der Waals surface area contributed by atoms with Crippen LogP contribution in [0.15, 0.2) is 77.9 Å². The molecule has 0 saturated heterocycles. The number of benzene rings is 3. The maximum Gasteiger partial charge on any atom is 0.343 e. The number of nitro groups is 1. The smallest absolute Gasteiger partial charge is 0.343 e. The summed E-state index contributed by atoms with van der Waals surface area (Å²) in [4.78, 5) is 34.6. The third kappa shape index (κ3) is 6.13. The lowest BCUT2D eigenvalue weighted by Crippen LogP contribution is -2.24. The van der Waals surface area contributed by atoms with Crippen LogP contribution in [0.2, 0.25) is 5.02 Å². The summed E-state index contributed by atoms with van der Waals surface area (Å²) in [5, 5.41) is 15.3. The molecule has 3 aromatic rings. The maximum absolute atomic E-state index is 12.3. The van der Waals surface area contributed by atoms with E-state index in [2.05, 4.69) is 10.5 Å². The number of carbonyl (C=O) groups excluding carboxylic acids is 2. The number of nitro benzene ring substituents is 1. The standard InChI is InChI=1S/C22H16ClN3O6/c23-17-11-9-15(10-12-17)22(28)32-19-7-3-1-5-16(19)13-24-25-21(27)14-31-20-8-4-2-6-18(20)26(29)30/h1-13H,14H2,(H,25,27)/b24-13+. The van der Waals surface area contributed by atoms with Gasteiger partial charge < -0.3 is 9.47 Å². The van der Waals surface area contributed by atoms with Gasteiger partial charge in [-0.05, 0) is 42.5 Å². The number of ether oxygens (including phenoxy) is 2. The first-order valence-corrected chi connectivity index (χ1v) is 9.57. The van der Waals surface area contributed by atoms with Crippen molar-refractivity contribution in [3.63, 3.8) is 0 Å². The molecule has 0 spiro atoms. The number of amides is 1. The van der Waals surface area contributed by atoms with Gasteiger partial charge in [0, 0.05) is 16.7 Å². The zero-order valence-corrected chi connectivity index (χ0v) is 17.2. The van der Waals surface area contributed by atoms with Crippen LogP contribution in [-0.2, 0) is 4.79 Å². The van der Waals surface area contributed by atoms with E-state index in [1.807, 2.05) is 0 Å². The normalized spacial score (nSPS) is 10.5. The fourth-order valence-corrected chi connectivity index (χ4v) is 2.63. The van der Waals surface area contributed by atoms with Crippen LogP contribution in [0.4, 0.5) is 5.69 Å². The second-order valence-electron chi connectivity index (χ2n) is 6.24. The first-order valence-electron chi connectivity index (χ1n) is 9.19. The van der Waals surface area contributed by atoms with Gasteiger partial charge >= 0.3 is 11.7 Å². The van der Waals surface area contributed by atoms with E-state index in [9.17, 15) is 19.7 Å². The Morgan fingerprint density at radius 1 is 1.00 bits per heavy atom. The molecule has 1 amide bonds. The van der Waals surface area contributed by atoms with Crippen molar-refractivity contribution in [1.82, 2.24) is 5.43 Å². The quantitative estimate of drug-likeness (QED) is 0.181. The number of para-hydroxylation sites is 3. The molecule has 3 aromatic carbocycles. The number of rotatable bonds is 8. The van der Waals surface area contributed by atoms with Crippen molar-refractivity contribution in [3.8, 4) is 11.5 Å². The molecule has 0 aromatic heterocycles. The van der Waals surface area contributed by atoms with Gasteiger partial charge in [0.2, 0.25) is 0 Å². The van der Waals surface area contributed by atoms with Crippen LogP contribution in [-0.4, -0.2) is 29.6 Å². The maximum atomic E-state index is 12.3. The highest BCUT2D eigenvalue weighted by molar-refractivity contribution is 6.30. The molecule has 0 heterocycles. The number of nitrogens with one attached hydrogen (secondary N) is 1. The Bertz CT molecular complexity index is 1160. The molecule has 32 heavy (non-hydrogen) atoms. The molecule has 3 rings (SSSR count). The van der Waals surface area contributed by atoms with Crippen LogP contribution < -0.4 is 14.9 Å². The van der Waals surface area contributed by atoms with E-state index in [1.165, 1.54) is 24.4 Å². The molecule has 0 aliphatic carbocycles. The minimum atomic E-state index is -0.630. The topological polar surface area (TPSA) is 120 Å². The molecular formula is C22H16ClN3O6. The highest BCUT2D eigenvalue weighted by atomic mass is 35.5. The Labute approximate surface area is 187 Å². The SMILES string of the molecule is O=C(COc1ccccc1[N+](=O)[O-])N/N=C/c1ccccc1OC(=O)c1ccc(Cl)cc1. The van der Waals surface area contributed by atoms with Crippen molar-refractivity contribution in [2.75, 3.05) is 6.61 Å². The van der Waals surface area contributed by atoms with Gasteiger partial charge in [-0.2, -0.15) is 5.10 Å². The van der Waals surface area contributed by atoms with Crippen LogP contribution in [0.5, 0.6) is 11.5 Å². The van der Waals surface area contributed by atoms with E-state index >= 15 is 0 Å². The van der Waals surface area contributed by atoms with Crippen molar-refractivity contribution in [2.45, 2.75) is 0 Å². The second-order valence-corrected chi connectivity index (χ2v) is 6.68. The van der Waals surface area contributed by atoms with Gasteiger partial charge in [0.15, 0.2) is 12.4 Å². The average molecular weight is 454 g/mol. The van der Waals surface area contributed by atoms with Crippen LogP contribution in [0.1, 0.15) is 15.9 Å². The lowest BCUT2D eigenvalue weighted by molar-refractivity contribution is -0.385. The fourth-order valence-electron chi connectivity index (χ4n) is 2.50. The Balaban J connectivity index is 1.59. The van der Waals surface area contributed by atoms with Crippen molar-refractivity contribution in [2.24, 2.45) is 5.10 Å². The number of hydrogen-bond acceptors (Lipinski definition) is 7. The molecule has 0 radical (unpaired) electrons. The summed E-state index contributed by atoms with van der Waals surface area (Å²) in [6, 6.07) is 18.6. The molecule has 0 saturated carbocycles. The molecule has 10 heteroatoms. The Hall–Kier alpha value is -4.24. The predicted molar refractivity (Wildman–Crippen MR) is 117 cm³/mol. The minimum Gasteiger partial charge on any atom is -0.477 e. The minimum absolute atomic E-state index is 0.0314. The van der Waals surface area contributed by atoms with Crippen LogP contribution in [0.25, 0.3) is 0 Å². The van der Waals surface area contributed by atoms with Crippen LogP contribution in [0, 0.1) is 10.1 Å². The van der Waals surface area contributed by atoms with Crippen molar-refractivity contribution < 1.29 is 24.0 Å². The first-order chi connectivity index (χ1) is 15.4. The summed E-state index contributed by atoms with van der Waals surface area (Å²) in [7, 11) is 0. The fraction of sp³-hybridized carbons (Fsp3) is 0.0455. The zero-order chi connectivity index (χ0) is 22.9. The van der Waals surface area contributed by atoms with Gasteiger partial charge in [-0.15, -0.1) is 0 Å². The first kappa shape index (κ1) is 22.4. The number of carbonyl (C=O) groups is 2. The van der Waals surface area contributed by atoms with E-state index in [1.54, 1.807) is 54.6 Å². The van der Waals surface area contributed by atoms with Crippen molar-refractivity contribution in [1.29, 1.82) is 0 Å². The molecule has 0 atom stereocenters. The number of hydrogen-bond donors (Lipinski definition) is 1. The molecule has 0 aliphatic heterocycles.